The number of methoxy groups -OCH3 is 1. The van der Waals surface area contributed by atoms with Crippen LogP contribution in [-0.4, -0.2) is 12.0 Å². The number of rotatable bonds is 4. The molecule has 2 aromatic rings. The molecule has 0 aromatic heterocycles. The van der Waals surface area contributed by atoms with Crippen molar-refractivity contribution in [2.24, 2.45) is 0 Å². The smallest absolute Gasteiger partial charge is 0.287 e. The summed E-state index contributed by atoms with van der Waals surface area (Å²) in [5, 5.41) is 22.9. The zero-order valence-electron chi connectivity index (χ0n) is 11.0. The van der Waals surface area contributed by atoms with Crippen molar-refractivity contribution in [3.05, 3.63) is 56.5 Å². The number of hydrogen-bond donors (Lipinski definition) is 1. The van der Waals surface area contributed by atoms with E-state index in [0.717, 1.165) is 10.2 Å². The van der Waals surface area contributed by atoms with Crippen LogP contribution in [-0.2, 0) is 0 Å². The van der Waals surface area contributed by atoms with Crippen molar-refractivity contribution < 1.29 is 9.66 Å². The predicted octanol–water partition coefficient (Wildman–Crippen LogP) is 3.98. The summed E-state index contributed by atoms with van der Waals surface area (Å²) in [6.45, 7) is 0. The summed E-state index contributed by atoms with van der Waals surface area (Å²) in [4.78, 5) is 10.2. The van der Waals surface area contributed by atoms with Crippen molar-refractivity contribution in [3.63, 3.8) is 0 Å². The average molecular weight is 348 g/mol. The van der Waals surface area contributed by atoms with Crippen molar-refractivity contribution in [3.8, 4) is 11.8 Å². The van der Waals surface area contributed by atoms with E-state index in [9.17, 15) is 10.1 Å². The maximum atomic E-state index is 10.8. The summed E-state index contributed by atoms with van der Waals surface area (Å²) < 4.78 is 5.95. The molecule has 0 heterocycles. The molecular weight excluding hydrogens is 338 g/mol. The molecule has 0 fully saturated rings. The molecule has 21 heavy (non-hydrogen) atoms. The maximum absolute atomic E-state index is 10.8. The van der Waals surface area contributed by atoms with Gasteiger partial charge in [-0.05, 0) is 40.2 Å². The molecule has 0 bridgehead atoms. The second-order valence-corrected chi connectivity index (χ2v) is 4.93. The zero-order chi connectivity index (χ0) is 15.4. The monoisotopic (exact) mass is 347 g/mol. The topological polar surface area (TPSA) is 88.2 Å². The minimum atomic E-state index is -0.580. The van der Waals surface area contributed by atoms with Gasteiger partial charge in [0.1, 0.15) is 17.4 Å². The van der Waals surface area contributed by atoms with Gasteiger partial charge >= 0.3 is 0 Å². The Hall–Kier alpha value is -2.59. The van der Waals surface area contributed by atoms with Crippen LogP contribution in [0.2, 0.25) is 0 Å². The number of halogens is 1. The van der Waals surface area contributed by atoms with Gasteiger partial charge in [0, 0.05) is 22.3 Å². The number of ether oxygens (including phenoxy) is 1. The van der Waals surface area contributed by atoms with Gasteiger partial charge < -0.3 is 10.1 Å². The second-order valence-electron chi connectivity index (χ2n) is 4.07. The van der Waals surface area contributed by atoms with Crippen LogP contribution < -0.4 is 10.1 Å². The van der Waals surface area contributed by atoms with E-state index < -0.39 is 4.92 Å². The van der Waals surface area contributed by atoms with E-state index >= 15 is 0 Å². The maximum Gasteiger partial charge on any atom is 0.287 e. The van der Waals surface area contributed by atoms with Crippen LogP contribution in [0.25, 0.3) is 0 Å². The van der Waals surface area contributed by atoms with Gasteiger partial charge in [0.15, 0.2) is 0 Å². The van der Waals surface area contributed by atoms with Gasteiger partial charge in [-0.25, -0.2) is 0 Å². The molecule has 2 aromatic carbocycles. The lowest BCUT2D eigenvalue weighted by atomic mass is 10.1. The molecule has 0 aliphatic heterocycles. The minimum Gasteiger partial charge on any atom is -0.497 e. The van der Waals surface area contributed by atoms with Crippen molar-refractivity contribution in [2.75, 3.05) is 12.4 Å². The summed E-state index contributed by atoms with van der Waals surface area (Å²) in [7, 11) is 1.56. The van der Waals surface area contributed by atoms with Crippen molar-refractivity contribution in [1.29, 1.82) is 5.26 Å². The lowest BCUT2D eigenvalue weighted by molar-refractivity contribution is -0.385. The molecule has 0 aliphatic rings. The van der Waals surface area contributed by atoms with Gasteiger partial charge in [-0.3, -0.25) is 10.1 Å². The van der Waals surface area contributed by atoms with Gasteiger partial charge in [-0.15, -0.1) is 0 Å². The third-order valence-electron chi connectivity index (χ3n) is 2.77. The summed E-state index contributed by atoms with van der Waals surface area (Å²) in [6.07, 6.45) is 0. The standard InChI is InChI=1S/C14H10BrN3O3/c1-21-11-3-4-12(15)13(7-11)17-10-2-5-14(18(19)20)9(6-10)8-16/h2-7,17H,1H3. The number of hydrogen-bond acceptors (Lipinski definition) is 5. The van der Waals surface area contributed by atoms with E-state index in [2.05, 4.69) is 21.2 Å². The molecule has 2 rings (SSSR count). The first-order valence-electron chi connectivity index (χ1n) is 5.84. The lowest BCUT2D eigenvalue weighted by Gasteiger charge is -2.10. The molecule has 0 unspecified atom stereocenters. The summed E-state index contributed by atoms with van der Waals surface area (Å²) in [5.41, 5.74) is 1.09. The highest BCUT2D eigenvalue weighted by Crippen LogP contribution is 2.31. The summed E-state index contributed by atoms with van der Waals surface area (Å²) in [6, 6.07) is 11.5. The molecule has 0 radical (unpaired) electrons. The van der Waals surface area contributed by atoms with E-state index in [0.29, 0.717) is 11.4 Å². The number of nitrogens with one attached hydrogen (secondary N) is 1. The van der Waals surface area contributed by atoms with Gasteiger partial charge in [0.25, 0.3) is 5.69 Å². The van der Waals surface area contributed by atoms with Gasteiger partial charge in [-0.2, -0.15) is 5.26 Å². The highest BCUT2D eigenvalue weighted by atomic mass is 79.9. The average Bonchev–Trinajstić information content (AvgIpc) is 2.49. The molecule has 7 heteroatoms. The third kappa shape index (κ3) is 3.30. The van der Waals surface area contributed by atoms with Crippen LogP contribution in [0.5, 0.6) is 5.75 Å². The molecule has 0 spiro atoms. The zero-order valence-corrected chi connectivity index (χ0v) is 12.5. The number of anilines is 2. The van der Waals surface area contributed by atoms with Crippen molar-refractivity contribution in [2.45, 2.75) is 0 Å². The Labute approximate surface area is 129 Å². The van der Waals surface area contributed by atoms with Gasteiger partial charge in [0.2, 0.25) is 0 Å². The van der Waals surface area contributed by atoms with E-state index in [-0.39, 0.29) is 11.3 Å². The number of nitro benzene ring substituents is 1. The van der Waals surface area contributed by atoms with E-state index in [1.165, 1.54) is 12.1 Å². The molecule has 0 saturated carbocycles. The van der Waals surface area contributed by atoms with E-state index in [4.69, 9.17) is 10.00 Å². The van der Waals surface area contributed by atoms with Crippen molar-refractivity contribution >= 4 is 33.0 Å². The lowest BCUT2D eigenvalue weighted by Crippen LogP contribution is -1.96. The fourth-order valence-corrected chi connectivity index (χ4v) is 2.09. The van der Waals surface area contributed by atoms with Crippen LogP contribution in [0.1, 0.15) is 5.56 Å². The Balaban J connectivity index is 2.37. The van der Waals surface area contributed by atoms with Crippen LogP contribution in [0, 0.1) is 21.4 Å². The Morgan fingerprint density at radius 2 is 2.10 bits per heavy atom. The Kier molecular flexibility index (Phi) is 4.40. The fraction of sp³-hybridized carbons (Fsp3) is 0.0714. The van der Waals surface area contributed by atoms with Crippen LogP contribution in [0.4, 0.5) is 17.1 Å². The number of nitrogens with zero attached hydrogens (tertiary/aromatic N) is 2. The van der Waals surface area contributed by atoms with Crippen LogP contribution in [0.15, 0.2) is 40.9 Å². The number of nitro groups is 1. The van der Waals surface area contributed by atoms with E-state index in [1.54, 1.807) is 25.3 Å². The quantitative estimate of drug-likeness (QED) is 0.667. The third-order valence-corrected chi connectivity index (χ3v) is 3.46. The molecule has 0 amide bonds. The van der Waals surface area contributed by atoms with Gasteiger partial charge in [-0.1, -0.05) is 0 Å². The largest absolute Gasteiger partial charge is 0.497 e. The first-order chi connectivity index (χ1) is 10.0. The van der Waals surface area contributed by atoms with E-state index in [1.807, 2.05) is 12.1 Å². The van der Waals surface area contributed by atoms with Gasteiger partial charge in [0.05, 0.1) is 17.7 Å². The summed E-state index contributed by atoms with van der Waals surface area (Å²) >= 11 is 3.40. The SMILES string of the molecule is COc1ccc(Br)c(Nc2ccc([N+](=O)[O-])c(C#N)c2)c1. The number of nitriles is 1. The second kappa shape index (κ2) is 6.24. The molecule has 0 aliphatic carbocycles. The fourth-order valence-electron chi connectivity index (χ4n) is 1.75. The first-order valence-corrected chi connectivity index (χ1v) is 6.63. The molecular formula is C14H10BrN3O3. The first kappa shape index (κ1) is 14.8. The van der Waals surface area contributed by atoms with Crippen LogP contribution >= 0.6 is 15.9 Å². The Bertz CT molecular complexity index is 741. The van der Waals surface area contributed by atoms with Crippen molar-refractivity contribution in [1.82, 2.24) is 0 Å². The molecule has 106 valence electrons. The van der Waals surface area contributed by atoms with Crippen LogP contribution in [0.3, 0.4) is 0 Å². The minimum absolute atomic E-state index is 0.00372. The summed E-state index contributed by atoms with van der Waals surface area (Å²) in [5.74, 6) is 0.670. The Morgan fingerprint density at radius 3 is 2.71 bits per heavy atom. The Morgan fingerprint density at radius 1 is 1.33 bits per heavy atom. The molecule has 1 N–H and O–H groups in total. The normalized spacial score (nSPS) is 9.76. The highest BCUT2D eigenvalue weighted by molar-refractivity contribution is 9.10. The molecule has 0 saturated heterocycles. The molecule has 6 nitrogen and oxygen atoms in total. The number of benzene rings is 2. The highest BCUT2D eigenvalue weighted by Gasteiger charge is 2.14. The molecule has 0 atom stereocenters. The predicted molar refractivity (Wildman–Crippen MR) is 81.8 cm³/mol.